The minimum atomic E-state index is -3.75. The summed E-state index contributed by atoms with van der Waals surface area (Å²) in [4.78, 5) is -0.0256. The SMILES string of the molecule is CS(=O)(=O)c1cccc(S(=O)(=O)NC2CCC(n3cccn3)CC2)c1. The number of hydrogen-bond acceptors (Lipinski definition) is 5. The molecule has 1 aliphatic carbocycles. The second-order valence-electron chi connectivity index (χ2n) is 6.36. The largest absolute Gasteiger partial charge is 0.270 e. The predicted octanol–water partition coefficient (Wildman–Crippen LogP) is 1.75. The number of benzene rings is 1. The van der Waals surface area contributed by atoms with Gasteiger partial charge in [0.2, 0.25) is 10.0 Å². The maximum absolute atomic E-state index is 12.6. The standard InChI is InChI=1S/C16H21N3O4S2/c1-24(20,21)15-4-2-5-16(12-15)25(22,23)18-13-6-8-14(9-7-13)19-11-3-10-17-19/h2-5,10-14,18H,6-9H2,1H3. The van der Waals surface area contributed by atoms with Crippen molar-refractivity contribution in [1.29, 1.82) is 0 Å². The van der Waals surface area contributed by atoms with Crippen molar-refractivity contribution in [3.63, 3.8) is 0 Å². The number of sulfone groups is 1. The number of nitrogens with one attached hydrogen (secondary N) is 1. The van der Waals surface area contributed by atoms with Crippen LogP contribution < -0.4 is 4.72 Å². The summed E-state index contributed by atoms with van der Waals surface area (Å²) in [6.07, 6.45) is 7.85. The minimum Gasteiger partial charge on any atom is -0.270 e. The molecule has 0 atom stereocenters. The smallest absolute Gasteiger partial charge is 0.240 e. The molecule has 1 heterocycles. The first-order valence-electron chi connectivity index (χ1n) is 8.07. The van der Waals surface area contributed by atoms with E-state index in [0.717, 1.165) is 31.9 Å². The third-order valence-corrected chi connectivity index (χ3v) is 7.09. The normalized spacial score (nSPS) is 22.0. The van der Waals surface area contributed by atoms with Gasteiger partial charge in [0.15, 0.2) is 9.84 Å². The van der Waals surface area contributed by atoms with E-state index in [-0.39, 0.29) is 15.8 Å². The van der Waals surface area contributed by atoms with Crippen LogP contribution in [0.4, 0.5) is 0 Å². The Morgan fingerprint density at radius 1 is 1.04 bits per heavy atom. The Morgan fingerprint density at radius 3 is 2.32 bits per heavy atom. The molecular formula is C16H21N3O4S2. The fraction of sp³-hybridized carbons (Fsp3) is 0.438. The van der Waals surface area contributed by atoms with E-state index in [9.17, 15) is 16.8 Å². The molecule has 7 nitrogen and oxygen atoms in total. The van der Waals surface area contributed by atoms with Gasteiger partial charge in [0, 0.05) is 24.7 Å². The van der Waals surface area contributed by atoms with E-state index >= 15 is 0 Å². The highest BCUT2D eigenvalue weighted by Gasteiger charge is 2.27. The molecule has 0 unspecified atom stereocenters. The van der Waals surface area contributed by atoms with E-state index in [1.165, 1.54) is 24.3 Å². The second kappa shape index (κ2) is 6.89. The molecule has 0 bridgehead atoms. The fourth-order valence-corrected chi connectivity index (χ4v) is 5.21. The van der Waals surface area contributed by atoms with Gasteiger partial charge < -0.3 is 0 Å². The van der Waals surface area contributed by atoms with Gasteiger partial charge in [0.25, 0.3) is 0 Å². The maximum atomic E-state index is 12.6. The molecule has 136 valence electrons. The third kappa shape index (κ3) is 4.28. The van der Waals surface area contributed by atoms with E-state index in [1.54, 1.807) is 6.20 Å². The highest BCUT2D eigenvalue weighted by Crippen LogP contribution is 2.28. The molecule has 3 rings (SSSR count). The average molecular weight is 383 g/mol. The van der Waals surface area contributed by atoms with Crippen LogP contribution in [-0.4, -0.2) is 38.9 Å². The first-order chi connectivity index (χ1) is 11.8. The molecule has 0 aliphatic heterocycles. The van der Waals surface area contributed by atoms with E-state index in [1.807, 2.05) is 16.9 Å². The topological polar surface area (TPSA) is 98.1 Å². The average Bonchev–Trinajstić information content (AvgIpc) is 3.09. The van der Waals surface area contributed by atoms with Crippen molar-refractivity contribution >= 4 is 19.9 Å². The number of rotatable bonds is 5. The Labute approximate surface area is 148 Å². The van der Waals surface area contributed by atoms with Crippen molar-refractivity contribution in [2.45, 2.75) is 47.6 Å². The number of aromatic nitrogens is 2. The van der Waals surface area contributed by atoms with Crippen molar-refractivity contribution in [2.24, 2.45) is 0 Å². The van der Waals surface area contributed by atoms with E-state index in [0.29, 0.717) is 6.04 Å². The lowest BCUT2D eigenvalue weighted by atomic mass is 9.92. The molecule has 25 heavy (non-hydrogen) atoms. The molecule has 0 radical (unpaired) electrons. The summed E-state index contributed by atoms with van der Waals surface area (Å²) in [5.41, 5.74) is 0. The number of nitrogens with zero attached hydrogens (tertiary/aromatic N) is 2. The van der Waals surface area contributed by atoms with Crippen molar-refractivity contribution in [2.75, 3.05) is 6.26 Å². The van der Waals surface area contributed by atoms with Crippen LogP contribution in [0.15, 0.2) is 52.5 Å². The second-order valence-corrected chi connectivity index (χ2v) is 10.1. The van der Waals surface area contributed by atoms with Crippen LogP contribution in [0.5, 0.6) is 0 Å². The van der Waals surface area contributed by atoms with Gasteiger partial charge in [-0.25, -0.2) is 21.6 Å². The van der Waals surface area contributed by atoms with Gasteiger partial charge in [-0.05, 0) is 49.9 Å². The summed E-state index contributed by atoms with van der Waals surface area (Å²) >= 11 is 0. The van der Waals surface area contributed by atoms with Crippen LogP contribution in [0.25, 0.3) is 0 Å². The van der Waals surface area contributed by atoms with Gasteiger partial charge in [-0.3, -0.25) is 4.68 Å². The molecule has 2 aromatic rings. The van der Waals surface area contributed by atoms with Gasteiger partial charge >= 0.3 is 0 Å². The van der Waals surface area contributed by atoms with Crippen molar-refractivity contribution in [3.05, 3.63) is 42.7 Å². The van der Waals surface area contributed by atoms with Gasteiger partial charge in [-0.1, -0.05) is 6.07 Å². The van der Waals surface area contributed by atoms with Crippen molar-refractivity contribution in [1.82, 2.24) is 14.5 Å². The first-order valence-corrected chi connectivity index (χ1v) is 11.4. The lowest BCUT2D eigenvalue weighted by Gasteiger charge is -2.29. The van der Waals surface area contributed by atoms with Gasteiger partial charge in [-0.2, -0.15) is 5.10 Å². The van der Waals surface area contributed by atoms with Crippen LogP contribution in [0.1, 0.15) is 31.7 Å². The Balaban J connectivity index is 1.69. The van der Waals surface area contributed by atoms with E-state index < -0.39 is 19.9 Å². The van der Waals surface area contributed by atoms with E-state index in [4.69, 9.17) is 0 Å². The molecule has 1 N–H and O–H groups in total. The molecule has 1 aromatic heterocycles. The van der Waals surface area contributed by atoms with Gasteiger partial charge in [0.1, 0.15) is 0 Å². The number of sulfonamides is 1. The molecule has 9 heteroatoms. The summed E-state index contributed by atoms with van der Waals surface area (Å²) in [6.45, 7) is 0. The molecule has 0 amide bonds. The lowest BCUT2D eigenvalue weighted by molar-refractivity contribution is 0.293. The number of hydrogen-bond donors (Lipinski definition) is 1. The lowest BCUT2D eigenvalue weighted by Crippen LogP contribution is -2.38. The summed E-state index contributed by atoms with van der Waals surface area (Å²) in [6, 6.07) is 7.47. The molecule has 1 fully saturated rings. The summed E-state index contributed by atoms with van der Waals surface area (Å²) in [5, 5.41) is 4.24. The molecule has 0 saturated heterocycles. The minimum absolute atomic E-state index is 0.00207. The van der Waals surface area contributed by atoms with Crippen LogP contribution in [0, 0.1) is 0 Å². The monoisotopic (exact) mass is 383 g/mol. The van der Waals surface area contributed by atoms with Crippen molar-refractivity contribution < 1.29 is 16.8 Å². The quantitative estimate of drug-likeness (QED) is 0.848. The third-order valence-electron chi connectivity index (χ3n) is 4.46. The molecule has 0 spiro atoms. The summed E-state index contributed by atoms with van der Waals surface area (Å²) in [7, 11) is -7.20. The molecule has 1 aliphatic rings. The molecule has 1 aromatic carbocycles. The Bertz CT molecular complexity index is 930. The predicted molar refractivity (Wildman–Crippen MR) is 93.4 cm³/mol. The zero-order valence-electron chi connectivity index (χ0n) is 13.9. The summed E-state index contributed by atoms with van der Waals surface area (Å²) < 4.78 is 53.0. The van der Waals surface area contributed by atoms with Crippen molar-refractivity contribution in [3.8, 4) is 0 Å². The highest BCUT2D eigenvalue weighted by atomic mass is 32.2. The van der Waals surface area contributed by atoms with Gasteiger partial charge in [-0.15, -0.1) is 0 Å². The molecular weight excluding hydrogens is 362 g/mol. The van der Waals surface area contributed by atoms with Gasteiger partial charge in [0.05, 0.1) is 15.8 Å². The Hall–Kier alpha value is -1.71. The zero-order valence-corrected chi connectivity index (χ0v) is 15.5. The Morgan fingerprint density at radius 2 is 1.72 bits per heavy atom. The maximum Gasteiger partial charge on any atom is 0.240 e. The summed E-state index contributed by atoms with van der Waals surface area (Å²) in [5.74, 6) is 0. The fourth-order valence-electron chi connectivity index (χ4n) is 3.11. The van der Waals surface area contributed by atoms with Crippen LogP contribution in [0.2, 0.25) is 0 Å². The molecule has 1 saturated carbocycles. The zero-order chi connectivity index (χ0) is 18.1. The highest BCUT2D eigenvalue weighted by molar-refractivity contribution is 7.91. The van der Waals surface area contributed by atoms with E-state index in [2.05, 4.69) is 9.82 Å². The van der Waals surface area contributed by atoms with Crippen LogP contribution in [0.3, 0.4) is 0 Å². The van der Waals surface area contributed by atoms with Crippen LogP contribution in [-0.2, 0) is 19.9 Å². The Kier molecular flexibility index (Phi) is 4.99. The van der Waals surface area contributed by atoms with Crippen LogP contribution >= 0.6 is 0 Å². The first kappa shape index (κ1) is 18.1.